The van der Waals surface area contributed by atoms with Gasteiger partial charge in [-0.05, 0) is 59.8 Å². The Morgan fingerprint density at radius 1 is 1.18 bits per heavy atom. The second-order valence-corrected chi connectivity index (χ2v) is 6.77. The van der Waals surface area contributed by atoms with Crippen molar-refractivity contribution in [3.05, 3.63) is 64.6 Å². The number of carbonyl (C=O) groups excluding carboxylic acids is 3. The monoisotopic (exact) mass is 393 g/mol. The average molecular weight is 393 g/mol. The van der Waals surface area contributed by atoms with E-state index in [4.69, 9.17) is 10.00 Å². The number of carbonyl (C=O) groups is 3. The summed E-state index contributed by atoms with van der Waals surface area (Å²) in [6.45, 7) is -0.374. The van der Waals surface area contributed by atoms with Crippen LogP contribution in [0.4, 0.5) is 10.5 Å². The number of benzene rings is 2. The number of amides is 3. The van der Waals surface area contributed by atoms with E-state index in [-0.39, 0.29) is 11.4 Å². The lowest BCUT2D eigenvalue weighted by molar-refractivity contribution is -0.127. The largest absolute Gasteiger partial charge is 0.497 e. The van der Waals surface area contributed by atoms with Crippen LogP contribution in [0.15, 0.2) is 53.4 Å². The molecule has 0 spiro atoms. The second kappa shape index (κ2) is 8.41. The fourth-order valence-corrected chi connectivity index (χ4v) is 3.30. The van der Waals surface area contributed by atoms with Crippen LogP contribution >= 0.6 is 11.8 Å². The van der Waals surface area contributed by atoms with Gasteiger partial charge in [-0.25, -0.2) is 0 Å². The predicted octanol–water partition coefficient (Wildman–Crippen LogP) is 3.24. The topological polar surface area (TPSA) is 99.5 Å². The normalized spacial score (nSPS) is 14.9. The third-order valence-electron chi connectivity index (χ3n) is 3.89. The van der Waals surface area contributed by atoms with Crippen LogP contribution in [0.25, 0.3) is 6.08 Å². The summed E-state index contributed by atoms with van der Waals surface area (Å²) in [6, 6.07) is 15.3. The number of imide groups is 1. The molecule has 0 aliphatic carbocycles. The summed E-state index contributed by atoms with van der Waals surface area (Å²) in [5, 5.41) is 11.0. The van der Waals surface area contributed by atoms with Gasteiger partial charge in [0.25, 0.3) is 11.1 Å². The van der Waals surface area contributed by atoms with Crippen molar-refractivity contribution < 1.29 is 19.1 Å². The van der Waals surface area contributed by atoms with Crippen LogP contribution < -0.4 is 10.1 Å². The smallest absolute Gasteiger partial charge is 0.294 e. The van der Waals surface area contributed by atoms with Crippen molar-refractivity contribution in [3.8, 4) is 11.8 Å². The number of nitrogens with zero attached hydrogens (tertiary/aromatic N) is 2. The minimum absolute atomic E-state index is 0.229. The van der Waals surface area contributed by atoms with Crippen LogP contribution in [0.5, 0.6) is 5.75 Å². The second-order valence-electron chi connectivity index (χ2n) is 5.78. The highest BCUT2D eigenvalue weighted by molar-refractivity contribution is 8.18. The summed E-state index contributed by atoms with van der Waals surface area (Å²) >= 11 is 0.777. The average Bonchev–Trinajstić information content (AvgIpc) is 2.96. The first-order valence-corrected chi connectivity index (χ1v) is 9.01. The lowest BCUT2D eigenvalue weighted by Crippen LogP contribution is -2.36. The van der Waals surface area contributed by atoms with Gasteiger partial charge in [0.1, 0.15) is 12.3 Å². The minimum atomic E-state index is -0.524. The standard InChI is InChI=1S/C20H15N3O4S/c1-27-16-8-6-15(7-9-16)22-18(24)12-23-19(25)17(28-20(23)26)10-13-2-4-14(11-21)5-3-13/h2-10H,12H2,1H3,(H,22,24). The molecule has 1 saturated heterocycles. The molecule has 2 aromatic carbocycles. The molecule has 140 valence electrons. The number of thioether (sulfide) groups is 1. The van der Waals surface area contributed by atoms with Crippen LogP contribution in [0.2, 0.25) is 0 Å². The molecule has 1 fully saturated rings. The molecule has 28 heavy (non-hydrogen) atoms. The quantitative estimate of drug-likeness (QED) is 0.783. The molecule has 0 radical (unpaired) electrons. The molecule has 0 unspecified atom stereocenters. The van der Waals surface area contributed by atoms with Gasteiger partial charge in [-0.3, -0.25) is 19.3 Å². The van der Waals surface area contributed by atoms with Crippen molar-refractivity contribution in [1.29, 1.82) is 5.26 Å². The third kappa shape index (κ3) is 4.39. The van der Waals surface area contributed by atoms with Gasteiger partial charge in [0.2, 0.25) is 5.91 Å². The van der Waals surface area contributed by atoms with Crippen molar-refractivity contribution in [3.63, 3.8) is 0 Å². The summed E-state index contributed by atoms with van der Waals surface area (Å²) in [7, 11) is 1.54. The number of nitrogens with one attached hydrogen (secondary N) is 1. The Morgan fingerprint density at radius 2 is 1.86 bits per heavy atom. The Morgan fingerprint density at radius 3 is 2.46 bits per heavy atom. The summed E-state index contributed by atoms with van der Waals surface area (Å²) < 4.78 is 5.05. The van der Waals surface area contributed by atoms with Crippen LogP contribution in [-0.2, 0) is 9.59 Å². The zero-order valence-corrected chi connectivity index (χ0v) is 15.7. The molecule has 8 heteroatoms. The molecule has 0 bridgehead atoms. The van der Waals surface area contributed by atoms with E-state index >= 15 is 0 Å². The molecule has 1 N–H and O–H groups in total. The maximum absolute atomic E-state index is 12.5. The highest BCUT2D eigenvalue weighted by atomic mass is 32.2. The van der Waals surface area contributed by atoms with Crippen LogP contribution in [0, 0.1) is 11.3 Å². The van der Waals surface area contributed by atoms with Gasteiger partial charge in [0, 0.05) is 5.69 Å². The van der Waals surface area contributed by atoms with E-state index in [9.17, 15) is 14.4 Å². The van der Waals surface area contributed by atoms with Gasteiger partial charge >= 0.3 is 0 Å². The number of methoxy groups -OCH3 is 1. The van der Waals surface area contributed by atoms with Crippen molar-refractivity contribution in [2.75, 3.05) is 19.0 Å². The molecular formula is C20H15N3O4S. The Bertz CT molecular complexity index is 992. The predicted molar refractivity (Wildman–Crippen MR) is 105 cm³/mol. The number of rotatable bonds is 5. The van der Waals surface area contributed by atoms with E-state index in [2.05, 4.69) is 5.32 Å². The molecule has 1 aliphatic rings. The highest BCUT2D eigenvalue weighted by Crippen LogP contribution is 2.32. The lowest BCUT2D eigenvalue weighted by atomic mass is 10.1. The van der Waals surface area contributed by atoms with Gasteiger partial charge in [-0.1, -0.05) is 12.1 Å². The fourth-order valence-electron chi connectivity index (χ4n) is 2.46. The van der Waals surface area contributed by atoms with E-state index in [0.29, 0.717) is 22.6 Å². The van der Waals surface area contributed by atoms with E-state index in [1.165, 1.54) is 0 Å². The zero-order chi connectivity index (χ0) is 20.1. The van der Waals surface area contributed by atoms with E-state index in [1.54, 1.807) is 61.7 Å². The van der Waals surface area contributed by atoms with Gasteiger partial charge in [-0.2, -0.15) is 5.26 Å². The fraction of sp³-hybridized carbons (Fsp3) is 0.100. The first kappa shape index (κ1) is 19.2. The van der Waals surface area contributed by atoms with Crippen molar-refractivity contribution in [1.82, 2.24) is 4.90 Å². The molecule has 0 atom stereocenters. The molecule has 1 heterocycles. The molecule has 1 aliphatic heterocycles. The Labute approximate surface area is 165 Å². The molecule has 0 aromatic heterocycles. The van der Waals surface area contributed by atoms with E-state index in [1.807, 2.05) is 6.07 Å². The number of anilines is 1. The van der Waals surface area contributed by atoms with Crippen molar-refractivity contribution in [2.45, 2.75) is 0 Å². The molecule has 2 aromatic rings. The highest BCUT2D eigenvalue weighted by Gasteiger charge is 2.36. The van der Waals surface area contributed by atoms with Crippen molar-refractivity contribution in [2.24, 2.45) is 0 Å². The third-order valence-corrected chi connectivity index (χ3v) is 4.79. The maximum atomic E-state index is 12.5. The summed E-state index contributed by atoms with van der Waals surface area (Å²) in [5.41, 5.74) is 1.72. The number of hydrogen-bond donors (Lipinski definition) is 1. The minimum Gasteiger partial charge on any atom is -0.497 e. The Kier molecular flexibility index (Phi) is 5.77. The Balaban J connectivity index is 1.66. The van der Waals surface area contributed by atoms with E-state index < -0.39 is 17.1 Å². The summed E-state index contributed by atoms with van der Waals surface area (Å²) in [6.07, 6.45) is 1.56. The molecule has 0 saturated carbocycles. The lowest BCUT2D eigenvalue weighted by Gasteiger charge is -2.12. The van der Waals surface area contributed by atoms with Gasteiger partial charge < -0.3 is 10.1 Å². The molecular weight excluding hydrogens is 378 g/mol. The number of ether oxygens (including phenoxy) is 1. The first-order chi connectivity index (χ1) is 13.5. The van der Waals surface area contributed by atoms with Crippen LogP contribution in [-0.4, -0.2) is 35.6 Å². The maximum Gasteiger partial charge on any atom is 0.294 e. The van der Waals surface area contributed by atoms with Gasteiger partial charge in [0.15, 0.2) is 0 Å². The van der Waals surface area contributed by atoms with Crippen molar-refractivity contribution >= 4 is 40.6 Å². The summed E-state index contributed by atoms with van der Waals surface area (Å²) in [5.74, 6) is -0.354. The SMILES string of the molecule is COc1ccc(NC(=O)CN2C(=O)SC(=Cc3ccc(C#N)cc3)C2=O)cc1. The van der Waals surface area contributed by atoms with Gasteiger partial charge in [-0.15, -0.1) is 0 Å². The van der Waals surface area contributed by atoms with Crippen LogP contribution in [0.3, 0.4) is 0 Å². The van der Waals surface area contributed by atoms with Crippen LogP contribution in [0.1, 0.15) is 11.1 Å². The first-order valence-electron chi connectivity index (χ1n) is 8.19. The summed E-state index contributed by atoms with van der Waals surface area (Å²) in [4.78, 5) is 38.0. The number of hydrogen-bond acceptors (Lipinski definition) is 6. The molecule has 7 nitrogen and oxygen atoms in total. The molecule has 3 amide bonds. The number of nitriles is 1. The zero-order valence-electron chi connectivity index (χ0n) is 14.8. The van der Waals surface area contributed by atoms with Gasteiger partial charge in [0.05, 0.1) is 23.6 Å². The van der Waals surface area contributed by atoms with E-state index in [0.717, 1.165) is 16.7 Å². The Hall–Kier alpha value is -3.57. The molecule has 3 rings (SSSR count).